The molecule has 15 heteroatoms. The Hall–Kier alpha value is -3.46. The van der Waals surface area contributed by atoms with Crippen LogP contribution in [0.2, 0.25) is 0 Å². The second-order valence-electron chi connectivity index (χ2n) is 8.04. The van der Waals surface area contributed by atoms with E-state index in [1.54, 1.807) is 0 Å². The smallest absolute Gasteiger partial charge is 0.326 e. The number of hydrogen-bond donors (Lipinski definition) is 9. The number of carboxylic acids is 1. The highest BCUT2D eigenvalue weighted by molar-refractivity contribution is 5.94. The molecule has 200 valence electrons. The average Bonchev–Trinajstić information content (AvgIpc) is 2.77. The fourth-order valence-corrected chi connectivity index (χ4v) is 2.91. The summed E-state index contributed by atoms with van der Waals surface area (Å²) in [6.45, 7) is 1.96. The highest BCUT2D eigenvalue weighted by atomic mass is 16.4. The molecule has 15 nitrogen and oxygen atoms in total. The van der Waals surface area contributed by atoms with Gasteiger partial charge in [0.05, 0.1) is 6.04 Å². The number of carbonyl (C=O) groups excluding carboxylic acids is 4. The molecule has 0 saturated carbocycles. The predicted molar refractivity (Wildman–Crippen MR) is 128 cm³/mol. The molecule has 0 aromatic heterocycles. The molecule has 0 aliphatic rings. The topological polar surface area (TPSA) is 284 Å². The number of carbonyl (C=O) groups is 5. The van der Waals surface area contributed by atoms with E-state index in [2.05, 4.69) is 20.9 Å². The van der Waals surface area contributed by atoms with Crippen LogP contribution in [0, 0.1) is 0 Å². The van der Waals surface area contributed by atoms with E-state index in [4.69, 9.17) is 28.7 Å². The molecule has 0 spiro atoms. The third-order valence-corrected chi connectivity index (χ3v) is 4.93. The number of rotatable bonds is 18. The van der Waals surface area contributed by atoms with Crippen molar-refractivity contribution in [2.45, 2.75) is 76.0 Å². The highest BCUT2D eigenvalue weighted by Crippen LogP contribution is 2.05. The highest BCUT2D eigenvalue weighted by Gasteiger charge is 2.28. The Bertz CT molecular complexity index is 757. The van der Waals surface area contributed by atoms with Gasteiger partial charge in [0.25, 0.3) is 0 Å². The Labute approximate surface area is 204 Å². The SMILES string of the molecule is CC(NC(=O)C(N)CCC(N)=O)C(=O)NC(CCCCN)C(=O)NC(CCCN=C(N)N)C(=O)O. The normalized spacial score (nSPS) is 14.0. The fraction of sp³-hybridized carbons (Fsp3) is 0.700. The zero-order valence-electron chi connectivity index (χ0n) is 20.0. The third-order valence-electron chi connectivity index (χ3n) is 4.93. The Morgan fingerprint density at radius 1 is 0.829 bits per heavy atom. The lowest BCUT2D eigenvalue weighted by molar-refractivity contribution is -0.142. The van der Waals surface area contributed by atoms with Crippen LogP contribution in [0.1, 0.15) is 51.9 Å². The molecule has 0 aliphatic heterocycles. The summed E-state index contributed by atoms with van der Waals surface area (Å²) in [7, 11) is 0. The molecule has 0 heterocycles. The molecule has 4 unspecified atom stereocenters. The molecule has 0 aromatic carbocycles. The van der Waals surface area contributed by atoms with Crippen LogP contribution in [-0.2, 0) is 24.0 Å². The molecule has 0 saturated heterocycles. The summed E-state index contributed by atoms with van der Waals surface area (Å²) >= 11 is 0. The quantitative estimate of drug-likeness (QED) is 0.0503. The number of aliphatic imine (C=N–C) groups is 1. The fourth-order valence-electron chi connectivity index (χ4n) is 2.91. The molecule has 0 rings (SSSR count). The van der Waals surface area contributed by atoms with Gasteiger partial charge in [-0.2, -0.15) is 0 Å². The molecular weight excluding hydrogens is 462 g/mol. The van der Waals surface area contributed by atoms with E-state index in [1.807, 2.05) is 0 Å². The summed E-state index contributed by atoms with van der Waals surface area (Å²) in [5.74, 6) is -4.01. The number of nitrogens with two attached hydrogens (primary N) is 5. The zero-order valence-corrected chi connectivity index (χ0v) is 20.0. The number of guanidine groups is 1. The lowest BCUT2D eigenvalue weighted by atomic mass is 10.1. The van der Waals surface area contributed by atoms with Gasteiger partial charge in [-0.15, -0.1) is 0 Å². The van der Waals surface area contributed by atoms with Gasteiger partial charge in [-0.05, 0) is 52.0 Å². The first kappa shape index (κ1) is 31.5. The van der Waals surface area contributed by atoms with Crippen LogP contribution < -0.4 is 44.6 Å². The van der Waals surface area contributed by atoms with Crippen molar-refractivity contribution in [2.24, 2.45) is 33.7 Å². The molecular formula is C20H39N9O6. The summed E-state index contributed by atoms with van der Waals surface area (Å²) in [4.78, 5) is 63.7. The van der Waals surface area contributed by atoms with E-state index in [-0.39, 0.29) is 38.2 Å². The van der Waals surface area contributed by atoms with Crippen LogP contribution in [-0.4, -0.2) is 77.9 Å². The summed E-state index contributed by atoms with van der Waals surface area (Å²) < 4.78 is 0. The molecule has 0 fully saturated rings. The van der Waals surface area contributed by atoms with E-state index < -0.39 is 53.8 Å². The van der Waals surface area contributed by atoms with Gasteiger partial charge in [0.15, 0.2) is 5.96 Å². The minimum atomic E-state index is -1.25. The maximum absolute atomic E-state index is 12.8. The maximum Gasteiger partial charge on any atom is 0.326 e. The second kappa shape index (κ2) is 17.0. The van der Waals surface area contributed by atoms with Crippen molar-refractivity contribution in [1.29, 1.82) is 0 Å². The van der Waals surface area contributed by atoms with Gasteiger partial charge in [0, 0.05) is 13.0 Å². The van der Waals surface area contributed by atoms with Crippen LogP contribution in [0.3, 0.4) is 0 Å². The Morgan fingerprint density at radius 2 is 1.43 bits per heavy atom. The third kappa shape index (κ3) is 14.4. The first-order valence-corrected chi connectivity index (χ1v) is 11.3. The number of nitrogens with zero attached hydrogens (tertiary/aromatic N) is 1. The number of carboxylic acid groups (broad SMARTS) is 1. The molecule has 4 amide bonds. The average molecular weight is 502 g/mol. The Morgan fingerprint density at radius 3 is 1.97 bits per heavy atom. The van der Waals surface area contributed by atoms with Crippen LogP contribution in [0.25, 0.3) is 0 Å². The zero-order chi connectivity index (χ0) is 27.0. The minimum Gasteiger partial charge on any atom is -0.480 e. The van der Waals surface area contributed by atoms with Gasteiger partial charge in [-0.1, -0.05) is 0 Å². The van der Waals surface area contributed by atoms with Crippen molar-refractivity contribution >= 4 is 35.6 Å². The van der Waals surface area contributed by atoms with Crippen molar-refractivity contribution in [3.63, 3.8) is 0 Å². The van der Waals surface area contributed by atoms with E-state index in [9.17, 15) is 29.1 Å². The van der Waals surface area contributed by atoms with E-state index in [0.29, 0.717) is 25.8 Å². The first-order chi connectivity index (χ1) is 16.4. The van der Waals surface area contributed by atoms with Crippen LogP contribution in [0.4, 0.5) is 0 Å². The van der Waals surface area contributed by atoms with Gasteiger partial charge >= 0.3 is 5.97 Å². The number of amides is 4. The standard InChI is InChI=1S/C20H39N9O6/c1-11(27-17(32)12(22)7-8-15(23)30)16(31)28-13(5-2-3-9-21)18(33)29-14(19(34)35)6-4-10-26-20(24)25/h11-14H,2-10,21-22H2,1H3,(H2,23,30)(H,27,32)(H,28,31)(H,29,33)(H,34,35)(H4,24,25,26). The number of aliphatic carboxylic acids is 1. The number of primary amides is 1. The van der Waals surface area contributed by atoms with Crippen molar-refractivity contribution < 1.29 is 29.1 Å². The number of unbranched alkanes of at least 4 members (excludes halogenated alkanes) is 1. The first-order valence-electron chi connectivity index (χ1n) is 11.3. The molecule has 4 atom stereocenters. The molecule has 0 bridgehead atoms. The van der Waals surface area contributed by atoms with Gasteiger partial charge in [-0.3, -0.25) is 24.2 Å². The van der Waals surface area contributed by atoms with Crippen LogP contribution in [0.5, 0.6) is 0 Å². The van der Waals surface area contributed by atoms with Gasteiger partial charge in [0.2, 0.25) is 23.6 Å². The van der Waals surface area contributed by atoms with Gasteiger partial charge < -0.3 is 49.7 Å². The maximum atomic E-state index is 12.8. The molecule has 0 radical (unpaired) electrons. The van der Waals surface area contributed by atoms with Gasteiger partial charge in [0.1, 0.15) is 18.1 Å². The number of hydrogen-bond acceptors (Lipinski definition) is 8. The lowest BCUT2D eigenvalue weighted by Crippen LogP contribution is -2.56. The summed E-state index contributed by atoms with van der Waals surface area (Å²) in [6, 6.07) is -4.37. The molecule has 0 aromatic rings. The van der Waals surface area contributed by atoms with E-state index in [1.165, 1.54) is 6.92 Å². The largest absolute Gasteiger partial charge is 0.480 e. The second-order valence-corrected chi connectivity index (χ2v) is 8.04. The van der Waals surface area contributed by atoms with Crippen LogP contribution in [0.15, 0.2) is 4.99 Å². The van der Waals surface area contributed by atoms with E-state index in [0.717, 1.165) is 0 Å². The van der Waals surface area contributed by atoms with E-state index >= 15 is 0 Å². The molecule has 35 heavy (non-hydrogen) atoms. The summed E-state index contributed by atoms with van der Waals surface area (Å²) in [6.07, 6.45) is 1.58. The molecule has 0 aliphatic carbocycles. The van der Waals surface area contributed by atoms with Crippen molar-refractivity contribution in [1.82, 2.24) is 16.0 Å². The number of nitrogens with one attached hydrogen (secondary N) is 3. The molecule has 14 N–H and O–H groups in total. The summed E-state index contributed by atoms with van der Waals surface area (Å²) in [5.41, 5.74) is 26.7. The summed E-state index contributed by atoms with van der Waals surface area (Å²) in [5, 5.41) is 16.8. The van der Waals surface area contributed by atoms with Gasteiger partial charge in [-0.25, -0.2) is 4.79 Å². The Kier molecular flexibility index (Phi) is 15.4. The minimum absolute atomic E-state index is 0.0133. The van der Waals surface area contributed by atoms with Crippen molar-refractivity contribution in [2.75, 3.05) is 13.1 Å². The van der Waals surface area contributed by atoms with Crippen molar-refractivity contribution in [3.8, 4) is 0 Å². The monoisotopic (exact) mass is 501 g/mol. The Balaban J connectivity index is 5.11. The predicted octanol–water partition coefficient (Wildman–Crippen LogP) is -3.68. The lowest BCUT2D eigenvalue weighted by Gasteiger charge is -2.24. The van der Waals surface area contributed by atoms with Crippen molar-refractivity contribution in [3.05, 3.63) is 0 Å². The van der Waals surface area contributed by atoms with Crippen LogP contribution >= 0.6 is 0 Å².